The second-order valence-electron chi connectivity index (χ2n) is 7.94. The van der Waals surface area contributed by atoms with Gasteiger partial charge < -0.3 is 15.0 Å². The van der Waals surface area contributed by atoms with Crippen LogP contribution >= 0.6 is 0 Å². The van der Waals surface area contributed by atoms with Crippen molar-refractivity contribution in [1.29, 1.82) is 0 Å². The zero-order valence-corrected chi connectivity index (χ0v) is 18.8. The minimum absolute atomic E-state index is 0.0119. The Kier molecular flexibility index (Phi) is 6.10. The maximum atomic E-state index is 12.9. The predicted octanol–water partition coefficient (Wildman–Crippen LogP) is 3.64. The Hall–Kier alpha value is -2.58. The highest BCUT2D eigenvalue weighted by molar-refractivity contribution is 7.86. The molecule has 0 radical (unpaired) electrons. The number of benzene rings is 2. The first-order valence-corrected chi connectivity index (χ1v) is 11.2. The molecule has 0 fully saturated rings. The molecule has 0 atom stereocenters. The summed E-state index contributed by atoms with van der Waals surface area (Å²) in [6.45, 7) is 7.68. The molecular weight excluding hydrogens is 404 g/mol. The van der Waals surface area contributed by atoms with Crippen molar-refractivity contribution < 1.29 is 22.1 Å². The summed E-state index contributed by atoms with van der Waals surface area (Å²) in [5.41, 5.74) is 2.68. The number of fused-ring (bicyclic) bond motifs is 1. The zero-order valence-electron chi connectivity index (χ0n) is 18.0. The Balaban J connectivity index is 1.70. The maximum absolute atomic E-state index is 12.9. The molecule has 1 amide bonds. The van der Waals surface area contributed by atoms with Crippen molar-refractivity contribution in [3.8, 4) is 5.75 Å². The number of para-hydroxylation sites is 2. The average molecular weight is 433 g/mol. The van der Waals surface area contributed by atoms with Gasteiger partial charge in [0.05, 0.1) is 25.1 Å². The molecule has 30 heavy (non-hydrogen) atoms. The lowest BCUT2D eigenvalue weighted by atomic mass is 9.98. The highest BCUT2D eigenvalue weighted by atomic mass is 32.2. The first-order valence-electron chi connectivity index (χ1n) is 9.80. The molecule has 2 aromatic rings. The van der Waals surface area contributed by atoms with E-state index in [-0.39, 0.29) is 23.2 Å². The van der Waals surface area contributed by atoms with Crippen molar-refractivity contribution in [2.75, 3.05) is 30.5 Å². The number of methoxy groups -OCH3 is 1. The summed E-state index contributed by atoms with van der Waals surface area (Å²) in [5, 5.41) is 3.24. The smallest absolute Gasteiger partial charge is 0.300 e. The number of nitrogens with zero attached hydrogens (tertiary/aromatic N) is 1. The fourth-order valence-corrected chi connectivity index (χ4v) is 4.62. The highest BCUT2D eigenvalue weighted by Gasteiger charge is 2.38. The number of carbonyl (C=O) groups is 1. The molecule has 1 heterocycles. The van der Waals surface area contributed by atoms with Crippen LogP contribution in [0.4, 0.5) is 11.4 Å². The lowest BCUT2D eigenvalue weighted by Gasteiger charge is -2.40. The van der Waals surface area contributed by atoms with E-state index in [2.05, 4.69) is 5.32 Å². The fraction of sp³-hybridized carbons (Fsp3) is 0.409. The third kappa shape index (κ3) is 4.29. The molecule has 162 valence electrons. The van der Waals surface area contributed by atoms with Crippen LogP contribution < -0.4 is 15.0 Å². The third-order valence-electron chi connectivity index (χ3n) is 5.24. The second kappa shape index (κ2) is 8.28. The van der Waals surface area contributed by atoms with Gasteiger partial charge in [-0.1, -0.05) is 12.1 Å². The summed E-state index contributed by atoms with van der Waals surface area (Å²) >= 11 is 0. The van der Waals surface area contributed by atoms with E-state index in [9.17, 15) is 13.2 Å². The van der Waals surface area contributed by atoms with Crippen LogP contribution in [0.5, 0.6) is 5.75 Å². The van der Waals surface area contributed by atoms with E-state index in [1.54, 1.807) is 17.0 Å². The molecule has 1 N–H and O–H groups in total. The van der Waals surface area contributed by atoms with Gasteiger partial charge in [0.25, 0.3) is 5.91 Å². The summed E-state index contributed by atoms with van der Waals surface area (Å²) in [4.78, 5) is 14.6. The SMILES string of the molecule is COc1cc(C)c(C)cc1S(=O)(=O)OCCCN1C(=O)C(C)(C)Nc2ccccc21. The van der Waals surface area contributed by atoms with Crippen molar-refractivity contribution in [2.45, 2.75) is 44.6 Å². The Bertz CT molecular complexity index is 1060. The number of rotatable bonds is 7. The number of nitrogens with one attached hydrogen (secondary N) is 1. The van der Waals surface area contributed by atoms with Crippen LogP contribution in [0.2, 0.25) is 0 Å². The molecule has 0 aliphatic carbocycles. The topological polar surface area (TPSA) is 84.9 Å². The van der Waals surface area contributed by atoms with Gasteiger partial charge in [-0.05, 0) is 69.5 Å². The molecule has 2 aromatic carbocycles. The third-order valence-corrected chi connectivity index (χ3v) is 6.57. The molecule has 0 unspecified atom stereocenters. The van der Waals surface area contributed by atoms with E-state index in [4.69, 9.17) is 8.92 Å². The van der Waals surface area contributed by atoms with Gasteiger partial charge >= 0.3 is 10.1 Å². The molecule has 3 rings (SSSR count). The fourth-order valence-electron chi connectivity index (χ4n) is 3.45. The molecule has 0 aromatic heterocycles. The van der Waals surface area contributed by atoms with Crippen LogP contribution in [0.3, 0.4) is 0 Å². The van der Waals surface area contributed by atoms with Gasteiger partial charge in [-0.3, -0.25) is 8.98 Å². The van der Waals surface area contributed by atoms with Crippen molar-refractivity contribution in [3.63, 3.8) is 0 Å². The van der Waals surface area contributed by atoms with E-state index >= 15 is 0 Å². The van der Waals surface area contributed by atoms with E-state index < -0.39 is 15.7 Å². The zero-order chi connectivity index (χ0) is 22.1. The maximum Gasteiger partial charge on any atom is 0.300 e. The Morgan fingerprint density at radius 2 is 1.77 bits per heavy atom. The number of amides is 1. The van der Waals surface area contributed by atoms with Crippen LogP contribution in [0.1, 0.15) is 31.4 Å². The Morgan fingerprint density at radius 3 is 2.47 bits per heavy atom. The number of carbonyl (C=O) groups excluding carboxylic acids is 1. The second-order valence-corrected chi connectivity index (χ2v) is 9.52. The Morgan fingerprint density at radius 1 is 1.10 bits per heavy atom. The first-order chi connectivity index (χ1) is 14.1. The summed E-state index contributed by atoms with van der Waals surface area (Å²) < 4.78 is 35.9. The van der Waals surface area contributed by atoms with E-state index in [0.29, 0.717) is 13.0 Å². The van der Waals surface area contributed by atoms with Crippen molar-refractivity contribution >= 4 is 27.4 Å². The van der Waals surface area contributed by atoms with Gasteiger partial charge in [-0.15, -0.1) is 0 Å². The van der Waals surface area contributed by atoms with Crippen LogP contribution in [0.15, 0.2) is 41.3 Å². The molecule has 0 saturated carbocycles. The molecule has 7 nitrogen and oxygen atoms in total. The average Bonchev–Trinajstić information content (AvgIpc) is 2.69. The standard InChI is InChI=1S/C22H28N2O5S/c1-15-13-19(28-5)20(14-16(15)2)30(26,27)29-12-8-11-24-18-10-7-6-9-17(18)23-22(3,4)21(24)25/h6-7,9-10,13-14,23H,8,11-12H2,1-5H3. The van der Waals surface area contributed by atoms with Gasteiger partial charge in [0.1, 0.15) is 16.2 Å². The van der Waals surface area contributed by atoms with Gasteiger partial charge in [-0.25, -0.2) is 0 Å². The van der Waals surface area contributed by atoms with Crippen molar-refractivity contribution in [1.82, 2.24) is 0 Å². The Labute approximate surface area is 178 Å². The minimum Gasteiger partial charge on any atom is -0.495 e. The number of hydrogen-bond acceptors (Lipinski definition) is 6. The lowest BCUT2D eigenvalue weighted by molar-refractivity contribution is -0.122. The molecular formula is C22H28N2O5S. The first kappa shape index (κ1) is 22.1. The quantitative estimate of drug-likeness (QED) is 0.531. The van der Waals surface area contributed by atoms with Crippen molar-refractivity contribution in [2.24, 2.45) is 0 Å². The monoisotopic (exact) mass is 432 g/mol. The predicted molar refractivity (Wildman–Crippen MR) is 117 cm³/mol. The minimum atomic E-state index is -3.98. The summed E-state index contributed by atoms with van der Waals surface area (Å²) in [6, 6.07) is 10.8. The van der Waals surface area contributed by atoms with Crippen LogP contribution in [-0.2, 0) is 19.1 Å². The number of anilines is 2. The van der Waals surface area contributed by atoms with Crippen molar-refractivity contribution in [3.05, 3.63) is 47.5 Å². The van der Waals surface area contributed by atoms with E-state index in [1.165, 1.54) is 7.11 Å². The van der Waals surface area contributed by atoms with Crippen LogP contribution in [0.25, 0.3) is 0 Å². The van der Waals surface area contributed by atoms with Gasteiger partial charge in [0.15, 0.2) is 0 Å². The number of ether oxygens (including phenoxy) is 1. The highest BCUT2D eigenvalue weighted by Crippen LogP contribution is 2.35. The number of aryl methyl sites for hydroxylation is 2. The molecule has 0 saturated heterocycles. The molecule has 8 heteroatoms. The molecule has 1 aliphatic heterocycles. The summed E-state index contributed by atoms with van der Waals surface area (Å²) in [5.74, 6) is 0.186. The van der Waals surface area contributed by atoms with E-state index in [0.717, 1.165) is 22.5 Å². The van der Waals surface area contributed by atoms with Gasteiger partial charge in [0.2, 0.25) is 0 Å². The van der Waals surface area contributed by atoms with Crippen LogP contribution in [-0.4, -0.2) is 40.1 Å². The largest absolute Gasteiger partial charge is 0.495 e. The lowest BCUT2D eigenvalue weighted by Crippen LogP contribution is -2.54. The molecule has 0 spiro atoms. The number of hydrogen-bond donors (Lipinski definition) is 1. The van der Waals surface area contributed by atoms with E-state index in [1.807, 2.05) is 52.0 Å². The van der Waals surface area contributed by atoms with Gasteiger partial charge in [0, 0.05) is 6.54 Å². The normalized spacial score (nSPS) is 15.5. The summed E-state index contributed by atoms with van der Waals surface area (Å²) in [7, 11) is -2.55. The summed E-state index contributed by atoms with van der Waals surface area (Å²) in [6.07, 6.45) is 0.364. The molecule has 0 bridgehead atoms. The van der Waals surface area contributed by atoms with Crippen LogP contribution in [0, 0.1) is 13.8 Å². The molecule has 1 aliphatic rings. The van der Waals surface area contributed by atoms with Gasteiger partial charge in [-0.2, -0.15) is 8.42 Å².